The average Bonchev–Trinajstić information content (AvgIpc) is 3.04. The standard InChI is InChI=1S/C19H24N4O2/c1-2-17-16(12-21-23(17)13-14-6-4-3-5-7-14)19(25)22-10-8-15(9-11-22)18(20)24/h3-7,12,15H,2,8-11,13H2,1H3,(H2,20,24). The molecule has 1 aromatic carbocycles. The molecule has 2 amide bonds. The van der Waals surface area contributed by atoms with Crippen molar-refractivity contribution in [2.75, 3.05) is 13.1 Å². The van der Waals surface area contributed by atoms with Crippen LogP contribution in [0.1, 0.15) is 41.4 Å². The Kier molecular flexibility index (Phi) is 5.16. The third-order valence-corrected chi connectivity index (χ3v) is 4.87. The SMILES string of the molecule is CCc1c(C(=O)N2CCC(C(N)=O)CC2)cnn1Cc1ccccc1. The molecule has 1 aliphatic heterocycles. The molecule has 0 spiro atoms. The molecule has 6 heteroatoms. The van der Waals surface area contributed by atoms with Crippen molar-refractivity contribution >= 4 is 11.8 Å². The van der Waals surface area contributed by atoms with Gasteiger partial charge in [0.15, 0.2) is 0 Å². The summed E-state index contributed by atoms with van der Waals surface area (Å²) >= 11 is 0. The average molecular weight is 340 g/mol. The van der Waals surface area contributed by atoms with E-state index in [-0.39, 0.29) is 17.7 Å². The zero-order chi connectivity index (χ0) is 17.8. The minimum atomic E-state index is -0.267. The van der Waals surface area contributed by atoms with Crippen molar-refractivity contribution < 1.29 is 9.59 Å². The Morgan fingerprint density at radius 1 is 1.20 bits per heavy atom. The van der Waals surface area contributed by atoms with Crippen molar-refractivity contribution in [2.24, 2.45) is 11.7 Å². The van der Waals surface area contributed by atoms with Crippen LogP contribution in [0.15, 0.2) is 36.5 Å². The minimum Gasteiger partial charge on any atom is -0.369 e. The van der Waals surface area contributed by atoms with Crippen molar-refractivity contribution in [3.05, 3.63) is 53.3 Å². The summed E-state index contributed by atoms with van der Waals surface area (Å²) in [6.45, 7) is 3.83. The van der Waals surface area contributed by atoms with Crippen LogP contribution in [-0.4, -0.2) is 39.6 Å². The molecule has 1 fully saturated rings. The minimum absolute atomic E-state index is 0.000850. The summed E-state index contributed by atoms with van der Waals surface area (Å²) in [6.07, 6.45) is 3.69. The highest BCUT2D eigenvalue weighted by Gasteiger charge is 2.28. The molecule has 25 heavy (non-hydrogen) atoms. The van der Waals surface area contributed by atoms with Crippen LogP contribution in [0, 0.1) is 5.92 Å². The van der Waals surface area contributed by atoms with Gasteiger partial charge in [-0.25, -0.2) is 0 Å². The van der Waals surface area contributed by atoms with Crippen LogP contribution in [0.4, 0.5) is 0 Å². The van der Waals surface area contributed by atoms with Crippen molar-refractivity contribution in [3.63, 3.8) is 0 Å². The topological polar surface area (TPSA) is 81.2 Å². The van der Waals surface area contributed by atoms with E-state index in [2.05, 4.69) is 17.2 Å². The van der Waals surface area contributed by atoms with E-state index >= 15 is 0 Å². The number of likely N-dealkylation sites (tertiary alicyclic amines) is 1. The van der Waals surface area contributed by atoms with Gasteiger partial charge < -0.3 is 10.6 Å². The number of piperidine rings is 1. The van der Waals surface area contributed by atoms with Gasteiger partial charge in [-0.3, -0.25) is 14.3 Å². The first-order chi connectivity index (χ1) is 12.1. The molecular weight excluding hydrogens is 316 g/mol. The lowest BCUT2D eigenvalue weighted by atomic mass is 9.96. The molecule has 6 nitrogen and oxygen atoms in total. The highest BCUT2D eigenvalue weighted by molar-refractivity contribution is 5.95. The van der Waals surface area contributed by atoms with Gasteiger partial charge in [-0.1, -0.05) is 37.3 Å². The van der Waals surface area contributed by atoms with Crippen LogP contribution in [0.3, 0.4) is 0 Å². The van der Waals surface area contributed by atoms with E-state index in [4.69, 9.17) is 5.73 Å². The first-order valence-corrected chi connectivity index (χ1v) is 8.77. The highest BCUT2D eigenvalue weighted by Crippen LogP contribution is 2.21. The van der Waals surface area contributed by atoms with E-state index in [1.54, 1.807) is 6.20 Å². The third-order valence-electron chi connectivity index (χ3n) is 4.87. The number of rotatable bonds is 5. The summed E-state index contributed by atoms with van der Waals surface area (Å²) in [5.74, 6) is -0.383. The second kappa shape index (κ2) is 7.51. The lowest BCUT2D eigenvalue weighted by Gasteiger charge is -2.30. The number of hydrogen-bond donors (Lipinski definition) is 1. The van der Waals surface area contributed by atoms with Crippen LogP contribution < -0.4 is 5.73 Å². The molecule has 1 saturated heterocycles. The van der Waals surface area contributed by atoms with Gasteiger partial charge in [0.25, 0.3) is 5.91 Å². The molecule has 0 atom stereocenters. The van der Waals surface area contributed by atoms with E-state index < -0.39 is 0 Å². The highest BCUT2D eigenvalue weighted by atomic mass is 16.2. The van der Waals surface area contributed by atoms with Crippen LogP contribution in [0.2, 0.25) is 0 Å². The third kappa shape index (κ3) is 3.73. The second-order valence-corrected chi connectivity index (χ2v) is 6.47. The summed E-state index contributed by atoms with van der Waals surface area (Å²) in [5.41, 5.74) is 8.13. The van der Waals surface area contributed by atoms with Crippen LogP contribution in [-0.2, 0) is 17.8 Å². The fourth-order valence-electron chi connectivity index (χ4n) is 3.39. The molecule has 0 saturated carbocycles. The van der Waals surface area contributed by atoms with Gasteiger partial charge >= 0.3 is 0 Å². The van der Waals surface area contributed by atoms with Crippen LogP contribution in [0.5, 0.6) is 0 Å². The van der Waals surface area contributed by atoms with Crippen molar-refractivity contribution in [1.82, 2.24) is 14.7 Å². The number of carbonyl (C=O) groups excluding carboxylic acids is 2. The summed E-state index contributed by atoms with van der Waals surface area (Å²) in [6, 6.07) is 10.1. The fraction of sp³-hybridized carbons (Fsp3) is 0.421. The quantitative estimate of drug-likeness (QED) is 0.901. The van der Waals surface area contributed by atoms with Gasteiger partial charge in [-0.15, -0.1) is 0 Å². The number of amides is 2. The molecule has 1 aromatic heterocycles. The number of aromatic nitrogens is 2. The van der Waals surface area contributed by atoms with Gasteiger partial charge in [0.1, 0.15) is 0 Å². The summed E-state index contributed by atoms with van der Waals surface area (Å²) in [4.78, 5) is 26.0. The number of primary amides is 1. The molecule has 3 rings (SSSR count). The van der Waals surface area contributed by atoms with E-state index in [1.165, 1.54) is 0 Å². The molecule has 0 bridgehead atoms. The lowest BCUT2D eigenvalue weighted by Crippen LogP contribution is -2.41. The zero-order valence-corrected chi connectivity index (χ0v) is 14.5. The van der Waals surface area contributed by atoms with E-state index in [0.717, 1.165) is 17.7 Å². The molecule has 2 heterocycles. The van der Waals surface area contributed by atoms with Gasteiger partial charge in [-0.2, -0.15) is 5.10 Å². The Balaban J connectivity index is 1.74. The van der Waals surface area contributed by atoms with Gasteiger partial charge in [-0.05, 0) is 24.8 Å². The van der Waals surface area contributed by atoms with E-state index in [0.29, 0.717) is 38.0 Å². The van der Waals surface area contributed by atoms with Crippen molar-refractivity contribution in [3.8, 4) is 0 Å². The zero-order valence-electron chi connectivity index (χ0n) is 14.5. The van der Waals surface area contributed by atoms with E-state index in [1.807, 2.05) is 34.7 Å². The first-order valence-electron chi connectivity index (χ1n) is 8.77. The molecule has 2 aromatic rings. The lowest BCUT2D eigenvalue weighted by molar-refractivity contribution is -0.123. The molecular formula is C19H24N4O2. The predicted molar refractivity (Wildman–Crippen MR) is 95.0 cm³/mol. The number of nitrogens with zero attached hydrogens (tertiary/aromatic N) is 3. The van der Waals surface area contributed by atoms with E-state index in [9.17, 15) is 9.59 Å². The first kappa shape index (κ1) is 17.2. The molecule has 132 valence electrons. The molecule has 0 unspecified atom stereocenters. The Morgan fingerprint density at radius 3 is 2.48 bits per heavy atom. The number of nitrogens with two attached hydrogens (primary N) is 1. The van der Waals surface area contributed by atoms with Gasteiger partial charge in [0.2, 0.25) is 5.91 Å². The van der Waals surface area contributed by atoms with Crippen molar-refractivity contribution in [2.45, 2.75) is 32.7 Å². The summed E-state index contributed by atoms with van der Waals surface area (Å²) < 4.78 is 1.90. The Labute approximate surface area is 147 Å². The van der Waals surface area contributed by atoms with Crippen molar-refractivity contribution in [1.29, 1.82) is 0 Å². The maximum absolute atomic E-state index is 12.9. The van der Waals surface area contributed by atoms with Crippen LogP contribution in [0.25, 0.3) is 0 Å². The number of benzene rings is 1. The Hall–Kier alpha value is -2.63. The maximum atomic E-state index is 12.9. The smallest absolute Gasteiger partial charge is 0.257 e. The largest absolute Gasteiger partial charge is 0.369 e. The second-order valence-electron chi connectivity index (χ2n) is 6.47. The molecule has 0 aliphatic carbocycles. The number of carbonyl (C=O) groups is 2. The molecule has 0 radical (unpaired) electrons. The fourth-order valence-corrected chi connectivity index (χ4v) is 3.39. The molecule has 1 aliphatic rings. The number of hydrogen-bond acceptors (Lipinski definition) is 3. The van der Waals surface area contributed by atoms with Crippen LogP contribution >= 0.6 is 0 Å². The van der Waals surface area contributed by atoms with Gasteiger partial charge in [0, 0.05) is 19.0 Å². The summed E-state index contributed by atoms with van der Waals surface area (Å²) in [5, 5.41) is 4.44. The summed E-state index contributed by atoms with van der Waals surface area (Å²) in [7, 11) is 0. The predicted octanol–water partition coefficient (Wildman–Crippen LogP) is 1.83. The van der Waals surface area contributed by atoms with Gasteiger partial charge in [0.05, 0.1) is 24.0 Å². The Morgan fingerprint density at radius 2 is 1.88 bits per heavy atom. The monoisotopic (exact) mass is 340 g/mol. The molecule has 2 N–H and O–H groups in total. The maximum Gasteiger partial charge on any atom is 0.257 e. The normalized spacial score (nSPS) is 15.3. The Bertz CT molecular complexity index is 746.